The number of aliphatic imine (C=N–C) groups is 1. The van der Waals surface area contributed by atoms with E-state index in [9.17, 15) is 4.79 Å². The monoisotopic (exact) mass is 551 g/mol. The zero-order valence-corrected chi connectivity index (χ0v) is 21.2. The van der Waals surface area contributed by atoms with Crippen molar-refractivity contribution in [1.82, 2.24) is 15.5 Å². The molecule has 0 aromatic heterocycles. The van der Waals surface area contributed by atoms with E-state index >= 15 is 0 Å². The second-order valence-corrected chi connectivity index (χ2v) is 7.71. The number of likely N-dealkylation sites (tertiary alicyclic amines) is 1. The van der Waals surface area contributed by atoms with Gasteiger partial charge in [-0.1, -0.05) is 30.3 Å². The molecule has 0 radical (unpaired) electrons. The number of anilines is 1. The van der Waals surface area contributed by atoms with E-state index in [1.165, 1.54) is 44.0 Å². The molecule has 0 saturated carbocycles. The third-order valence-electron chi connectivity index (χ3n) is 5.13. The fourth-order valence-electron chi connectivity index (χ4n) is 3.57. The van der Waals surface area contributed by atoms with Gasteiger partial charge in [0, 0.05) is 38.8 Å². The smallest absolute Gasteiger partial charge is 0.221 e. The van der Waals surface area contributed by atoms with Crippen LogP contribution in [-0.4, -0.2) is 50.1 Å². The predicted molar refractivity (Wildman–Crippen MR) is 141 cm³/mol. The number of nitrogens with zero attached hydrogens (tertiary/aromatic N) is 2. The van der Waals surface area contributed by atoms with Gasteiger partial charge in [-0.05, 0) is 49.2 Å². The normalized spacial score (nSPS) is 13.9. The number of benzene rings is 2. The van der Waals surface area contributed by atoms with Crippen LogP contribution in [0.3, 0.4) is 0 Å². The second kappa shape index (κ2) is 13.9. The molecule has 3 rings (SSSR count). The van der Waals surface area contributed by atoms with Crippen molar-refractivity contribution >= 4 is 41.5 Å². The molecule has 0 atom stereocenters. The first-order valence-electron chi connectivity index (χ1n) is 10.9. The summed E-state index contributed by atoms with van der Waals surface area (Å²) in [5, 5.41) is 9.34. The molecule has 0 unspecified atom stereocenters. The molecule has 0 aliphatic carbocycles. The molecule has 0 bridgehead atoms. The van der Waals surface area contributed by atoms with Gasteiger partial charge in [-0.25, -0.2) is 0 Å². The predicted octanol–water partition coefficient (Wildman–Crippen LogP) is 3.60. The Hall–Kier alpha value is -2.33. The van der Waals surface area contributed by atoms with Crippen molar-refractivity contribution in [1.29, 1.82) is 0 Å². The maximum Gasteiger partial charge on any atom is 0.221 e. The van der Waals surface area contributed by atoms with Gasteiger partial charge >= 0.3 is 0 Å². The molecule has 7 nitrogen and oxygen atoms in total. The molecule has 1 aliphatic rings. The van der Waals surface area contributed by atoms with Crippen LogP contribution in [0.4, 0.5) is 5.69 Å². The van der Waals surface area contributed by atoms with Crippen LogP contribution in [0, 0.1) is 0 Å². The van der Waals surface area contributed by atoms with Crippen LogP contribution in [0.15, 0.2) is 53.5 Å². The highest BCUT2D eigenvalue weighted by molar-refractivity contribution is 14.0. The molecule has 1 heterocycles. The highest BCUT2D eigenvalue weighted by Crippen LogP contribution is 2.17. The van der Waals surface area contributed by atoms with E-state index in [1.807, 2.05) is 24.3 Å². The van der Waals surface area contributed by atoms with Crippen LogP contribution in [0.25, 0.3) is 0 Å². The Labute approximate surface area is 208 Å². The summed E-state index contributed by atoms with van der Waals surface area (Å²) >= 11 is 0. The Kier molecular flexibility index (Phi) is 11.3. The van der Waals surface area contributed by atoms with Crippen LogP contribution >= 0.6 is 24.0 Å². The molecule has 1 fully saturated rings. The van der Waals surface area contributed by atoms with Crippen molar-refractivity contribution in [2.75, 3.05) is 38.6 Å². The summed E-state index contributed by atoms with van der Waals surface area (Å²) in [6, 6.07) is 16.1. The second-order valence-electron chi connectivity index (χ2n) is 7.71. The summed E-state index contributed by atoms with van der Waals surface area (Å²) in [5.41, 5.74) is 3.31. The Bertz CT molecular complexity index is 867. The van der Waals surface area contributed by atoms with Crippen molar-refractivity contribution in [3.8, 4) is 5.75 Å². The minimum atomic E-state index is -0.102. The molecule has 1 amide bonds. The summed E-state index contributed by atoms with van der Waals surface area (Å²) in [4.78, 5) is 17.9. The maximum atomic E-state index is 11.2. The van der Waals surface area contributed by atoms with Gasteiger partial charge in [-0.2, -0.15) is 0 Å². The lowest BCUT2D eigenvalue weighted by Crippen LogP contribution is -2.38. The molecule has 3 N–H and O–H groups in total. The first kappa shape index (κ1) is 25.9. The van der Waals surface area contributed by atoms with E-state index < -0.39 is 0 Å². The molecular formula is C24H34IN5O2. The minimum Gasteiger partial charge on any atom is -0.492 e. The third-order valence-corrected chi connectivity index (χ3v) is 5.13. The topological polar surface area (TPSA) is 78.0 Å². The number of ether oxygens (including phenoxy) is 1. The summed E-state index contributed by atoms with van der Waals surface area (Å²) in [6.07, 6.45) is 2.64. The van der Waals surface area contributed by atoms with Crippen LogP contribution in [0.1, 0.15) is 30.9 Å². The number of carbonyl (C=O) groups is 1. The fourth-order valence-corrected chi connectivity index (χ4v) is 3.57. The Balaban J connectivity index is 0.00000363. The van der Waals surface area contributed by atoms with Crippen LogP contribution in [-0.2, 0) is 17.9 Å². The summed E-state index contributed by atoms with van der Waals surface area (Å²) in [7, 11) is 1.76. The molecular weight excluding hydrogens is 517 g/mol. The van der Waals surface area contributed by atoms with Crippen LogP contribution < -0.4 is 20.7 Å². The fraction of sp³-hybridized carbons (Fsp3) is 0.417. The quantitative estimate of drug-likeness (QED) is 0.192. The van der Waals surface area contributed by atoms with Gasteiger partial charge in [0.25, 0.3) is 0 Å². The van der Waals surface area contributed by atoms with Crippen molar-refractivity contribution in [2.45, 2.75) is 32.9 Å². The Morgan fingerprint density at radius 1 is 1.06 bits per heavy atom. The van der Waals surface area contributed by atoms with Gasteiger partial charge in [-0.15, -0.1) is 24.0 Å². The number of carbonyl (C=O) groups excluding carboxylic acids is 1. The first-order chi connectivity index (χ1) is 15.1. The van der Waals surface area contributed by atoms with Gasteiger partial charge in [0.15, 0.2) is 5.96 Å². The summed E-state index contributed by atoms with van der Waals surface area (Å²) < 4.78 is 5.75. The number of rotatable bonds is 9. The largest absolute Gasteiger partial charge is 0.492 e. The molecule has 174 valence electrons. The number of amides is 1. The van der Waals surface area contributed by atoms with E-state index in [-0.39, 0.29) is 29.9 Å². The van der Waals surface area contributed by atoms with Gasteiger partial charge < -0.3 is 20.7 Å². The van der Waals surface area contributed by atoms with E-state index in [4.69, 9.17) is 4.74 Å². The van der Waals surface area contributed by atoms with Gasteiger partial charge in [0.05, 0.1) is 6.54 Å². The van der Waals surface area contributed by atoms with Crippen LogP contribution in [0.5, 0.6) is 5.75 Å². The number of guanidine groups is 1. The molecule has 2 aromatic carbocycles. The highest BCUT2D eigenvalue weighted by atomic mass is 127. The van der Waals surface area contributed by atoms with Gasteiger partial charge in [0.1, 0.15) is 12.4 Å². The van der Waals surface area contributed by atoms with E-state index in [0.29, 0.717) is 25.4 Å². The van der Waals surface area contributed by atoms with Crippen molar-refractivity contribution in [3.05, 3.63) is 59.7 Å². The molecule has 0 spiro atoms. The number of hydrogen-bond donors (Lipinski definition) is 3. The average Bonchev–Trinajstić information content (AvgIpc) is 3.27. The molecule has 1 aliphatic heterocycles. The Morgan fingerprint density at radius 3 is 2.47 bits per heavy atom. The first-order valence-corrected chi connectivity index (χ1v) is 10.9. The lowest BCUT2D eigenvalue weighted by atomic mass is 10.1. The average molecular weight is 551 g/mol. The zero-order valence-electron chi connectivity index (χ0n) is 18.9. The van der Waals surface area contributed by atoms with Gasteiger partial charge in [0.2, 0.25) is 5.91 Å². The van der Waals surface area contributed by atoms with E-state index in [0.717, 1.165) is 18.2 Å². The minimum absolute atomic E-state index is 0. The SMILES string of the molecule is CN=C(NCCOc1cccc(NC(C)=O)c1)NCc1ccc(CN2CCCC2)cc1.I. The van der Waals surface area contributed by atoms with E-state index in [2.05, 4.69) is 50.1 Å². The van der Waals surface area contributed by atoms with E-state index in [1.54, 1.807) is 7.05 Å². The lowest BCUT2D eigenvalue weighted by Gasteiger charge is -2.15. The standard InChI is InChI=1S/C24H33N5O2.HI/c1-19(30)28-22-6-5-7-23(16-22)31-15-12-26-24(25-2)27-17-20-8-10-21(11-9-20)18-29-13-3-4-14-29;/h5-11,16H,3-4,12-15,17-18H2,1-2H3,(H,28,30)(H2,25,26,27);1H. The molecule has 1 saturated heterocycles. The number of halogens is 1. The third kappa shape index (κ3) is 9.04. The highest BCUT2D eigenvalue weighted by Gasteiger charge is 2.11. The van der Waals surface area contributed by atoms with Crippen molar-refractivity contribution in [2.24, 2.45) is 4.99 Å². The van der Waals surface area contributed by atoms with Crippen molar-refractivity contribution in [3.63, 3.8) is 0 Å². The number of nitrogens with one attached hydrogen (secondary N) is 3. The lowest BCUT2D eigenvalue weighted by molar-refractivity contribution is -0.114. The maximum absolute atomic E-state index is 11.2. The number of hydrogen-bond acceptors (Lipinski definition) is 4. The van der Waals surface area contributed by atoms with Crippen molar-refractivity contribution < 1.29 is 9.53 Å². The zero-order chi connectivity index (χ0) is 21.9. The van der Waals surface area contributed by atoms with Crippen LogP contribution in [0.2, 0.25) is 0 Å². The summed E-state index contributed by atoms with van der Waals surface area (Å²) in [6.45, 7) is 6.77. The molecule has 2 aromatic rings. The Morgan fingerprint density at radius 2 is 1.78 bits per heavy atom. The van der Waals surface area contributed by atoms with Gasteiger partial charge in [-0.3, -0.25) is 14.7 Å². The summed E-state index contributed by atoms with van der Waals surface area (Å²) in [5.74, 6) is 1.34. The molecule has 8 heteroatoms. The molecule has 32 heavy (non-hydrogen) atoms.